The number of ether oxygens (including phenoxy) is 3. The minimum absolute atomic E-state index is 0.0107. The number of imidazole rings is 1. The first-order valence-electron chi connectivity index (χ1n) is 14.0. The van der Waals surface area contributed by atoms with Gasteiger partial charge in [0, 0.05) is 19.2 Å². The molecule has 0 radical (unpaired) electrons. The van der Waals surface area contributed by atoms with Gasteiger partial charge >= 0.3 is 15.6 Å². The highest BCUT2D eigenvalue weighted by molar-refractivity contribution is 7.47. The van der Waals surface area contributed by atoms with Crippen LogP contribution in [0.5, 0.6) is 0 Å². The maximum absolute atomic E-state index is 13.4. The Morgan fingerprint density at radius 1 is 1.04 bits per heavy atom. The van der Waals surface area contributed by atoms with E-state index in [1.165, 1.54) is 10.9 Å². The fourth-order valence-corrected chi connectivity index (χ4v) is 7.80. The number of anilines is 1. The number of fused-ring (bicyclic) bond motifs is 5. The SMILES string of the molecule is CCO[C@@H]1C2OP(=O)(O)OC[C@H]3O[C@@H](n4ccc5ccccc54)CC3OP(=O)(O)OC[C@H]1O[C@H]2n1cnc2c(=O)[nH]c(N)nc21. The number of para-hydroxylation sites is 1. The first-order chi connectivity index (χ1) is 21.5. The topological polar surface area (TPSA) is 234 Å². The lowest BCUT2D eigenvalue weighted by molar-refractivity contribution is -0.0676. The largest absolute Gasteiger partial charge is 0.472 e. The minimum Gasteiger partial charge on any atom is -0.373 e. The number of phosphoric ester groups is 2. The molecule has 0 aliphatic carbocycles. The molecule has 0 saturated carbocycles. The number of H-pyrrole nitrogens is 1. The number of aromatic nitrogens is 5. The smallest absolute Gasteiger partial charge is 0.373 e. The Kier molecular flexibility index (Phi) is 7.95. The molecular formula is C25H30N6O12P2. The van der Waals surface area contributed by atoms with Crippen LogP contribution in [0.15, 0.2) is 47.7 Å². The fourth-order valence-electron chi connectivity index (χ4n) is 5.91. The third-order valence-corrected chi connectivity index (χ3v) is 9.81. The van der Waals surface area contributed by atoms with Gasteiger partial charge in [-0.25, -0.2) is 14.1 Å². The lowest BCUT2D eigenvalue weighted by atomic mass is 10.1. The summed E-state index contributed by atoms with van der Waals surface area (Å²) in [7, 11) is -9.66. The molecule has 3 fully saturated rings. The maximum atomic E-state index is 13.4. The predicted molar refractivity (Wildman–Crippen MR) is 154 cm³/mol. The standard InChI is InChI=1S/C25H30N6O12P2/c1-2-37-20-17-11-39-44(33,34)42-15-9-18(30-8-7-13-5-3-4-6-14(13)30)40-16(15)10-38-45(35,36)43-21(20)24(41-17)31-12-27-19-22(31)28-25(26)29-23(19)32/h3-8,12,15-18,20-21,24H,2,9-11H2,1H3,(H,33,34)(H,35,36)(H3,26,28,29,32)/t15?,16-,17-,18-,20+,21?,24-/m1/s1. The number of nitrogens with two attached hydrogens (primary N) is 1. The van der Waals surface area contributed by atoms with Crippen LogP contribution in [-0.4, -0.2) is 84.2 Å². The molecule has 242 valence electrons. The molecule has 3 aliphatic heterocycles. The fraction of sp³-hybridized carbons (Fsp3) is 0.480. The average molecular weight is 668 g/mol. The number of nitrogen functional groups attached to an aromatic ring is 1. The van der Waals surface area contributed by atoms with Crippen molar-refractivity contribution in [1.82, 2.24) is 24.1 Å². The van der Waals surface area contributed by atoms with Crippen LogP contribution in [0.3, 0.4) is 0 Å². The molecule has 18 nitrogen and oxygen atoms in total. The molecule has 45 heavy (non-hydrogen) atoms. The average Bonchev–Trinajstić information content (AvgIpc) is 3.76. The molecule has 4 aromatic rings. The molecule has 4 unspecified atom stereocenters. The van der Waals surface area contributed by atoms with Gasteiger partial charge in [-0.05, 0) is 24.4 Å². The Bertz CT molecular complexity index is 1880. The second-order valence-corrected chi connectivity index (χ2v) is 13.5. The van der Waals surface area contributed by atoms with Gasteiger partial charge in [-0.3, -0.25) is 32.4 Å². The third kappa shape index (κ3) is 5.88. The molecule has 5 N–H and O–H groups in total. The van der Waals surface area contributed by atoms with Gasteiger partial charge in [-0.15, -0.1) is 0 Å². The summed E-state index contributed by atoms with van der Waals surface area (Å²) < 4.78 is 69.8. The number of benzene rings is 1. The van der Waals surface area contributed by atoms with Crippen LogP contribution in [0.4, 0.5) is 5.95 Å². The monoisotopic (exact) mass is 668 g/mol. The Morgan fingerprint density at radius 3 is 2.60 bits per heavy atom. The van der Waals surface area contributed by atoms with Crippen molar-refractivity contribution in [2.75, 3.05) is 25.6 Å². The Morgan fingerprint density at radius 2 is 1.80 bits per heavy atom. The van der Waals surface area contributed by atoms with E-state index in [1.54, 1.807) is 6.92 Å². The van der Waals surface area contributed by atoms with E-state index in [2.05, 4.69) is 15.0 Å². The molecule has 9 atom stereocenters. The zero-order valence-corrected chi connectivity index (χ0v) is 25.4. The van der Waals surface area contributed by atoms with Gasteiger partial charge in [0.05, 0.1) is 25.1 Å². The highest BCUT2D eigenvalue weighted by atomic mass is 31.2. The first kappa shape index (κ1) is 30.7. The summed E-state index contributed by atoms with van der Waals surface area (Å²) in [6, 6.07) is 9.48. The van der Waals surface area contributed by atoms with E-state index in [0.717, 1.165) is 10.9 Å². The molecule has 7 rings (SSSR count). The summed E-state index contributed by atoms with van der Waals surface area (Å²) in [5.74, 6) is -0.208. The van der Waals surface area contributed by atoms with Crippen LogP contribution >= 0.6 is 15.6 Å². The lowest BCUT2D eigenvalue weighted by Crippen LogP contribution is -2.38. The van der Waals surface area contributed by atoms with Gasteiger partial charge in [0.15, 0.2) is 17.4 Å². The van der Waals surface area contributed by atoms with Crippen molar-refractivity contribution in [2.24, 2.45) is 0 Å². The number of hydrogen-bond acceptors (Lipinski definition) is 13. The summed E-state index contributed by atoms with van der Waals surface area (Å²) in [6.45, 7) is 0.682. The summed E-state index contributed by atoms with van der Waals surface area (Å²) >= 11 is 0. The molecule has 3 aromatic heterocycles. The second kappa shape index (κ2) is 11.7. The molecule has 20 heteroatoms. The van der Waals surface area contributed by atoms with Crippen molar-refractivity contribution in [3.63, 3.8) is 0 Å². The highest BCUT2D eigenvalue weighted by Crippen LogP contribution is 2.54. The Hall–Kier alpha value is -2.99. The molecule has 0 amide bonds. The lowest BCUT2D eigenvalue weighted by Gasteiger charge is -2.26. The minimum atomic E-state index is -4.90. The first-order valence-corrected chi connectivity index (χ1v) is 17.0. The van der Waals surface area contributed by atoms with E-state index in [-0.39, 0.29) is 30.1 Å². The molecular weight excluding hydrogens is 638 g/mol. The molecule has 1 aromatic carbocycles. The summed E-state index contributed by atoms with van der Waals surface area (Å²) in [5.41, 5.74) is 5.88. The summed E-state index contributed by atoms with van der Waals surface area (Å²) in [6.07, 6.45) is -4.57. The predicted octanol–water partition coefficient (Wildman–Crippen LogP) is 1.96. The number of aromatic amines is 1. The number of rotatable bonds is 4. The number of nitrogens with one attached hydrogen (secondary N) is 1. The number of hydrogen-bond donors (Lipinski definition) is 4. The van der Waals surface area contributed by atoms with Crippen molar-refractivity contribution in [2.45, 2.75) is 56.3 Å². The van der Waals surface area contributed by atoms with E-state index >= 15 is 0 Å². The van der Waals surface area contributed by atoms with Crippen LogP contribution in [0.2, 0.25) is 0 Å². The summed E-state index contributed by atoms with van der Waals surface area (Å²) in [4.78, 5) is 44.6. The van der Waals surface area contributed by atoms with E-state index in [9.17, 15) is 23.7 Å². The van der Waals surface area contributed by atoms with Gasteiger partial charge in [0.25, 0.3) is 5.56 Å². The molecule has 6 heterocycles. The van der Waals surface area contributed by atoms with Crippen molar-refractivity contribution < 1.29 is 51.2 Å². The van der Waals surface area contributed by atoms with Crippen molar-refractivity contribution in [3.05, 3.63) is 53.2 Å². The van der Waals surface area contributed by atoms with Crippen LogP contribution in [0.25, 0.3) is 22.1 Å². The molecule has 0 spiro atoms. The van der Waals surface area contributed by atoms with Crippen molar-refractivity contribution in [1.29, 1.82) is 0 Å². The highest BCUT2D eigenvalue weighted by Gasteiger charge is 2.53. The molecule has 3 saturated heterocycles. The Balaban J connectivity index is 1.21. The van der Waals surface area contributed by atoms with Gasteiger partial charge in [0.2, 0.25) is 5.95 Å². The zero-order chi connectivity index (χ0) is 31.5. The van der Waals surface area contributed by atoms with Gasteiger partial charge in [-0.1, -0.05) is 18.2 Å². The summed E-state index contributed by atoms with van der Waals surface area (Å²) in [5, 5.41) is 0.951. The second-order valence-electron chi connectivity index (χ2n) is 10.6. The third-order valence-electron chi connectivity index (χ3n) is 7.82. The van der Waals surface area contributed by atoms with E-state index < -0.39 is 77.4 Å². The van der Waals surface area contributed by atoms with Gasteiger partial charge in [0.1, 0.15) is 36.7 Å². The molecule has 3 aliphatic rings. The normalized spacial score (nSPS) is 36.0. The quantitative estimate of drug-likeness (QED) is 0.228. The van der Waals surface area contributed by atoms with Crippen LogP contribution in [0, 0.1) is 0 Å². The van der Waals surface area contributed by atoms with E-state index in [0.29, 0.717) is 0 Å². The number of phosphoric acid groups is 2. The van der Waals surface area contributed by atoms with Crippen LogP contribution in [-0.2, 0) is 41.4 Å². The number of nitrogens with zero attached hydrogens (tertiary/aromatic N) is 4. The van der Waals surface area contributed by atoms with Crippen LogP contribution < -0.4 is 11.3 Å². The van der Waals surface area contributed by atoms with Gasteiger partial charge in [-0.2, -0.15) is 4.98 Å². The van der Waals surface area contributed by atoms with Crippen molar-refractivity contribution >= 4 is 43.7 Å². The molecule has 2 bridgehead atoms. The maximum Gasteiger partial charge on any atom is 0.472 e. The van der Waals surface area contributed by atoms with E-state index in [4.69, 9.17) is 38.0 Å². The van der Waals surface area contributed by atoms with Crippen LogP contribution in [0.1, 0.15) is 25.8 Å². The van der Waals surface area contributed by atoms with E-state index in [1.807, 2.05) is 41.1 Å². The van der Waals surface area contributed by atoms with Gasteiger partial charge < -0.3 is 34.3 Å². The zero-order valence-electron chi connectivity index (χ0n) is 23.6. The Labute approximate surface area is 254 Å². The van der Waals surface area contributed by atoms with Crippen molar-refractivity contribution in [3.8, 4) is 0 Å².